The van der Waals surface area contributed by atoms with Gasteiger partial charge in [0.05, 0.1) is 4.90 Å². The molecule has 1 unspecified atom stereocenters. The predicted molar refractivity (Wildman–Crippen MR) is 156 cm³/mol. The van der Waals surface area contributed by atoms with E-state index in [1.807, 2.05) is 6.92 Å². The van der Waals surface area contributed by atoms with Crippen molar-refractivity contribution < 1.29 is 27.1 Å². The van der Waals surface area contributed by atoms with Gasteiger partial charge in [0.15, 0.2) is 5.65 Å². The van der Waals surface area contributed by atoms with E-state index in [0.717, 1.165) is 20.9 Å². The molecule has 1 aliphatic rings. The minimum absolute atomic E-state index is 0.0276. The van der Waals surface area contributed by atoms with Crippen LogP contribution in [0.5, 0.6) is 0 Å². The maximum absolute atomic E-state index is 15.5. The van der Waals surface area contributed by atoms with Gasteiger partial charge in [-0.1, -0.05) is 47.2 Å². The zero-order valence-corrected chi connectivity index (χ0v) is 24.5. The number of pyridine rings is 1. The summed E-state index contributed by atoms with van der Waals surface area (Å²) in [6.07, 6.45) is 3.17. The van der Waals surface area contributed by atoms with E-state index >= 15 is 4.39 Å². The molecular formula is C30H25FN4O5S2. The third-order valence-corrected chi connectivity index (χ3v) is 9.88. The molecule has 0 spiro atoms. The second-order valence-electron chi connectivity index (χ2n) is 10.2. The Hall–Kier alpha value is -4.42. The molecule has 1 aliphatic heterocycles. The Morgan fingerprint density at radius 3 is 2.57 bits per heavy atom. The third kappa shape index (κ3) is 4.47. The number of likely N-dealkylation sites (N-methyl/N-ethyl adjacent to an activating group) is 1. The number of halogens is 1. The minimum Gasteiger partial charge on any atom is -0.444 e. The Morgan fingerprint density at radius 1 is 1.12 bits per heavy atom. The Balaban J connectivity index is 1.45. The van der Waals surface area contributed by atoms with E-state index in [2.05, 4.69) is 9.97 Å². The van der Waals surface area contributed by atoms with Crippen LogP contribution in [0.15, 0.2) is 78.0 Å². The van der Waals surface area contributed by atoms with Crippen molar-refractivity contribution >= 4 is 44.3 Å². The molecule has 4 heterocycles. The fraction of sp³-hybridized carbons (Fsp3) is 0.200. The largest absolute Gasteiger partial charge is 0.444 e. The molecule has 0 aliphatic carbocycles. The van der Waals surface area contributed by atoms with E-state index in [1.165, 1.54) is 36.4 Å². The normalized spacial score (nSPS) is 17.2. The number of amides is 1. The lowest BCUT2D eigenvalue weighted by Gasteiger charge is -2.27. The van der Waals surface area contributed by atoms with Crippen molar-refractivity contribution in [2.45, 2.75) is 30.8 Å². The summed E-state index contributed by atoms with van der Waals surface area (Å²) < 4.78 is 49.4. The molecule has 1 atom stereocenters. The average molecular weight is 605 g/mol. The highest BCUT2D eigenvalue weighted by Gasteiger charge is 2.50. The fourth-order valence-electron chi connectivity index (χ4n) is 5.23. The molecule has 0 saturated carbocycles. The second-order valence-corrected chi connectivity index (χ2v) is 12.9. The molecule has 0 N–H and O–H groups in total. The first-order chi connectivity index (χ1) is 20.0. The van der Waals surface area contributed by atoms with Crippen molar-refractivity contribution in [1.29, 1.82) is 0 Å². The number of esters is 1. The molecule has 1 fully saturated rings. The summed E-state index contributed by atoms with van der Waals surface area (Å²) in [4.78, 5) is 35.5. The number of hydrogen-bond donors (Lipinski definition) is 0. The lowest BCUT2D eigenvalue weighted by atomic mass is 9.90. The fourth-order valence-corrected chi connectivity index (χ4v) is 7.39. The first-order valence-corrected chi connectivity index (χ1v) is 15.3. The second kappa shape index (κ2) is 10.1. The van der Waals surface area contributed by atoms with Gasteiger partial charge in [0.1, 0.15) is 10.7 Å². The number of hydrogen-bond acceptors (Lipinski definition) is 8. The standard InChI is InChI=1S/C30H25FN4O5S2/c1-18-9-11-22(12-10-18)42(38,39)35-17-24(23-8-5-14-32-27(23)35)28-33-25(26(31)41-28)20-6-4-7-21(16-20)30(40-19(2)36)13-15-34(3)29(30)37/h4-12,14,16-17H,13,15H2,1-3H3. The Kier molecular flexibility index (Phi) is 6.70. The topological polar surface area (TPSA) is 111 Å². The number of aryl methyl sites for hydroxylation is 1. The molecular weight excluding hydrogens is 579 g/mol. The number of rotatable bonds is 6. The SMILES string of the molecule is CC(=O)OC1(c2cccc(-c3nc(-c4cn(S(=O)(=O)c5ccc(C)cc5)c5ncccc45)sc3F)c2)CCN(C)C1=O. The van der Waals surface area contributed by atoms with Crippen LogP contribution >= 0.6 is 11.3 Å². The Bertz CT molecular complexity index is 1980. The molecule has 1 amide bonds. The lowest BCUT2D eigenvalue weighted by Crippen LogP contribution is -2.40. The van der Waals surface area contributed by atoms with E-state index in [1.54, 1.807) is 55.6 Å². The summed E-state index contributed by atoms with van der Waals surface area (Å²) >= 11 is 0.773. The van der Waals surface area contributed by atoms with Gasteiger partial charge in [0.2, 0.25) is 10.7 Å². The van der Waals surface area contributed by atoms with Gasteiger partial charge in [0.25, 0.3) is 15.9 Å². The van der Waals surface area contributed by atoms with E-state index in [4.69, 9.17) is 4.74 Å². The van der Waals surface area contributed by atoms with Gasteiger partial charge in [-0.25, -0.2) is 22.4 Å². The van der Waals surface area contributed by atoms with E-state index < -0.39 is 26.7 Å². The number of nitrogens with zero attached hydrogens (tertiary/aromatic N) is 4. The number of carbonyl (C=O) groups excluding carboxylic acids is 2. The number of thiazole rings is 1. The van der Waals surface area contributed by atoms with Crippen molar-refractivity contribution in [3.8, 4) is 21.8 Å². The molecule has 9 nitrogen and oxygen atoms in total. The molecule has 3 aromatic heterocycles. The van der Waals surface area contributed by atoms with E-state index in [9.17, 15) is 18.0 Å². The van der Waals surface area contributed by atoms with Crippen LogP contribution in [0.25, 0.3) is 32.9 Å². The minimum atomic E-state index is -4.01. The molecule has 1 saturated heterocycles. The molecule has 0 radical (unpaired) electrons. The number of fused-ring (bicyclic) bond motifs is 1. The van der Waals surface area contributed by atoms with Crippen molar-refractivity contribution in [2.24, 2.45) is 0 Å². The maximum Gasteiger partial charge on any atom is 0.304 e. The van der Waals surface area contributed by atoms with E-state index in [-0.39, 0.29) is 33.6 Å². The summed E-state index contributed by atoms with van der Waals surface area (Å²) in [5.41, 5.74) is 0.848. The molecule has 2 aromatic carbocycles. The van der Waals surface area contributed by atoms with Gasteiger partial charge in [-0.05, 0) is 37.3 Å². The molecule has 0 bridgehead atoms. The van der Waals surface area contributed by atoms with Gasteiger partial charge in [-0.3, -0.25) is 9.59 Å². The number of aromatic nitrogens is 3. The van der Waals surface area contributed by atoms with Gasteiger partial charge < -0.3 is 9.64 Å². The highest BCUT2D eigenvalue weighted by atomic mass is 32.2. The zero-order valence-electron chi connectivity index (χ0n) is 22.9. The molecule has 214 valence electrons. The van der Waals surface area contributed by atoms with Crippen molar-refractivity contribution in [3.63, 3.8) is 0 Å². The number of benzene rings is 2. The van der Waals surface area contributed by atoms with Crippen molar-refractivity contribution in [1.82, 2.24) is 18.8 Å². The highest BCUT2D eigenvalue weighted by Crippen LogP contribution is 2.41. The summed E-state index contributed by atoms with van der Waals surface area (Å²) in [7, 11) is -2.37. The molecule has 6 rings (SSSR count). The van der Waals surface area contributed by atoms with Gasteiger partial charge in [-0.15, -0.1) is 0 Å². The monoisotopic (exact) mass is 604 g/mol. The van der Waals surface area contributed by atoms with Crippen LogP contribution in [-0.4, -0.2) is 52.7 Å². The van der Waals surface area contributed by atoms with Crippen LogP contribution in [0.2, 0.25) is 0 Å². The van der Waals surface area contributed by atoms with Crippen LogP contribution in [0.3, 0.4) is 0 Å². The zero-order chi connectivity index (χ0) is 29.8. The first-order valence-electron chi connectivity index (χ1n) is 13.0. The van der Waals surface area contributed by atoms with Crippen LogP contribution in [-0.2, 0) is 30.0 Å². The van der Waals surface area contributed by atoms with Gasteiger partial charge in [0, 0.05) is 61.4 Å². The number of carbonyl (C=O) groups is 2. The van der Waals surface area contributed by atoms with Crippen LogP contribution in [0, 0.1) is 12.1 Å². The Labute approximate surface area is 245 Å². The number of ether oxygens (including phenoxy) is 1. The lowest BCUT2D eigenvalue weighted by molar-refractivity contribution is -0.167. The highest BCUT2D eigenvalue weighted by molar-refractivity contribution is 7.90. The van der Waals surface area contributed by atoms with Crippen LogP contribution in [0.4, 0.5) is 4.39 Å². The molecule has 12 heteroatoms. The Morgan fingerprint density at radius 2 is 1.88 bits per heavy atom. The number of likely N-dealkylation sites (tertiary alicyclic amines) is 1. The van der Waals surface area contributed by atoms with Gasteiger partial charge in [-0.2, -0.15) is 4.39 Å². The van der Waals surface area contributed by atoms with Crippen LogP contribution < -0.4 is 0 Å². The van der Waals surface area contributed by atoms with Gasteiger partial charge >= 0.3 is 5.97 Å². The van der Waals surface area contributed by atoms with E-state index in [0.29, 0.717) is 28.6 Å². The summed E-state index contributed by atoms with van der Waals surface area (Å²) in [5, 5.41) is 0.163. The summed E-state index contributed by atoms with van der Waals surface area (Å²) in [6.45, 7) is 3.51. The molecule has 5 aromatic rings. The third-order valence-electron chi connectivity index (χ3n) is 7.34. The van der Waals surface area contributed by atoms with Crippen LogP contribution in [0.1, 0.15) is 24.5 Å². The predicted octanol–water partition coefficient (Wildman–Crippen LogP) is 5.13. The summed E-state index contributed by atoms with van der Waals surface area (Å²) in [6, 6.07) is 16.5. The first kappa shape index (κ1) is 27.7. The maximum atomic E-state index is 15.5. The quantitative estimate of drug-likeness (QED) is 0.247. The van der Waals surface area contributed by atoms with Crippen molar-refractivity contribution in [3.05, 3.63) is 89.3 Å². The average Bonchev–Trinajstić information content (AvgIpc) is 3.63. The smallest absolute Gasteiger partial charge is 0.304 e. The molecule has 42 heavy (non-hydrogen) atoms. The summed E-state index contributed by atoms with van der Waals surface area (Å²) in [5.74, 6) is -0.957. The van der Waals surface area contributed by atoms with Crippen molar-refractivity contribution in [2.75, 3.05) is 13.6 Å².